The molecular formula is C13H23NO2. The maximum absolute atomic E-state index is 11.7. The van der Waals surface area contributed by atoms with E-state index in [4.69, 9.17) is 4.74 Å². The molecule has 1 unspecified atom stereocenters. The van der Waals surface area contributed by atoms with E-state index in [1.165, 1.54) is 0 Å². The van der Waals surface area contributed by atoms with Gasteiger partial charge in [-0.05, 0) is 54.1 Å². The highest BCUT2D eigenvalue weighted by Gasteiger charge is 2.49. The van der Waals surface area contributed by atoms with Crippen LogP contribution in [-0.4, -0.2) is 35.6 Å². The van der Waals surface area contributed by atoms with E-state index in [9.17, 15) is 4.79 Å². The van der Waals surface area contributed by atoms with E-state index in [1.54, 1.807) is 6.92 Å². The molecule has 0 aromatic carbocycles. The minimum atomic E-state index is -0.434. The highest BCUT2D eigenvalue weighted by molar-refractivity contribution is 5.87. The van der Waals surface area contributed by atoms with Gasteiger partial charge in [0, 0.05) is 5.57 Å². The summed E-state index contributed by atoms with van der Waals surface area (Å²) in [5.74, 6) is -0.286. The lowest BCUT2D eigenvalue weighted by Gasteiger charge is -2.52. The van der Waals surface area contributed by atoms with Crippen LogP contribution in [0.4, 0.5) is 0 Å². The Morgan fingerprint density at radius 3 is 2.44 bits per heavy atom. The van der Waals surface area contributed by atoms with Gasteiger partial charge in [0.05, 0.1) is 5.54 Å². The number of likely N-dealkylation sites (N-methyl/N-ethyl adjacent to an activating group) is 1. The van der Waals surface area contributed by atoms with E-state index < -0.39 is 5.60 Å². The lowest BCUT2D eigenvalue weighted by molar-refractivity contribution is -0.177. The monoisotopic (exact) mass is 225 g/mol. The predicted molar refractivity (Wildman–Crippen MR) is 65.3 cm³/mol. The molecule has 16 heavy (non-hydrogen) atoms. The van der Waals surface area contributed by atoms with Crippen molar-refractivity contribution in [2.75, 3.05) is 13.6 Å². The zero-order valence-corrected chi connectivity index (χ0v) is 11.1. The number of piperidine rings is 1. The van der Waals surface area contributed by atoms with Gasteiger partial charge in [0.1, 0.15) is 5.60 Å². The maximum atomic E-state index is 11.7. The minimum absolute atomic E-state index is 0.143. The van der Waals surface area contributed by atoms with E-state index >= 15 is 0 Å². The maximum Gasteiger partial charge on any atom is 0.333 e. The molecule has 0 saturated carbocycles. The Balaban J connectivity index is 2.89. The molecule has 0 aromatic rings. The van der Waals surface area contributed by atoms with Gasteiger partial charge in [0.15, 0.2) is 0 Å². The molecule has 1 fully saturated rings. The number of hydrogen-bond donors (Lipinski definition) is 0. The van der Waals surface area contributed by atoms with Crippen molar-refractivity contribution in [3.63, 3.8) is 0 Å². The Labute approximate surface area is 98.5 Å². The van der Waals surface area contributed by atoms with Gasteiger partial charge in [-0.1, -0.05) is 6.58 Å². The number of esters is 1. The summed E-state index contributed by atoms with van der Waals surface area (Å²) in [5, 5.41) is 0. The standard InChI is InChI=1S/C13H23NO2/c1-10(2)11(15)16-13(5)8-7-9-14(6)12(13,3)4/h1,7-9H2,2-6H3. The van der Waals surface area contributed by atoms with Gasteiger partial charge in [-0.15, -0.1) is 0 Å². The Bertz CT molecular complexity index is 309. The third-order valence-electron chi connectivity index (χ3n) is 4.06. The zero-order chi connectivity index (χ0) is 12.6. The molecule has 1 aliphatic rings. The van der Waals surface area contributed by atoms with Gasteiger partial charge in [0.2, 0.25) is 0 Å². The normalized spacial score (nSPS) is 29.8. The molecule has 0 bridgehead atoms. The van der Waals surface area contributed by atoms with Crippen LogP contribution < -0.4 is 0 Å². The molecule has 1 saturated heterocycles. The molecule has 3 nitrogen and oxygen atoms in total. The summed E-state index contributed by atoms with van der Waals surface area (Å²) < 4.78 is 5.65. The molecule has 1 aliphatic heterocycles. The molecule has 92 valence electrons. The molecule has 0 N–H and O–H groups in total. The molecular weight excluding hydrogens is 202 g/mol. The van der Waals surface area contributed by atoms with Gasteiger partial charge < -0.3 is 4.74 Å². The predicted octanol–water partition coefficient (Wildman–Crippen LogP) is 2.37. The van der Waals surface area contributed by atoms with Crippen LogP contribution in [0.1, 0.15) is 40.5 Å². The quantitative estimate of drug-likeness (QED) is 0.534. The van der Waals surface area contributed by atoms with Crippen molar-refractivity contribution in [1.82, 2.24) is 4.90 Å². The second-order valence-electron chi connectivity index (χ2n) is 5.48. The first-order chi connectivity index (χ1) is 7.21. The van der Waals surface area contributed by atoms with Crippen molar-refractivity contribution in [2.45, 2.75) is 51.7 Å². The van der Waals surface area contributed by atoms with Gasteiger partial charge in [-0.2, -0.15) is 0 Å². The van der Waals surface area contributed by atoms with Gasteiger partial charge in [-0.25, -0.2) is 4.79 Å². The first-order valence-electron chi connectivity index (χ1n) is 5.81. The Morgan fingerprint density at radius 1 is 1.38 bits per heavy atom. The minimum Gasteiger partial charge on any atom is -0.454 e. The smallest absolute Gasteiger partial charge is 0.333 e. The highest BCUT2D eigenvalue weighted by atomic mass is 16.6. The third kappa shape index (κ3) is 2.14. The van der Waals surface area contributed by atoms with Gasteiger partial charge in [0.25, 0.3) is 0 Å². The van der Waals surface area contributed by atoms with Crippen LogP contribution in [0.3, 0.4) is 0 Å². The average molecular weight is 225 g/mol. The van der Waals surface area contributed by atoms with Crippen LogP contribution in [0.5, 0.6) is 0 Å². The lowest BCUT2D eigenvalue weighted by atomic mass is 9.76. The van der Waals surface area contributed by atoms with Crippen LogP contribution in [0.15, 0.2) is 12.2 Å². The largest absolute Gasteiger partial charge is 0.454 e. The highest BCUT2D eigenvalue weighted by Crippen LogP contribution is 2.38. The lowest BCUT2D eigenvalue weighted by Crippen LogP contribution is -2.63. The summed E-state index contributed by atoms with van der Waals surface area (Å²) in [6, 6.07) is 0. The van der Waals surface area contributed by atoms with E-state index in [0.29, 0.717) is 5.57 Å². The van der Waals surface area contributed by atoms with E-state index in [2.05, 4.69) is 32.4 Å². The van der Waals surface area contributed by atoms with Crippen molar-refractivity contribution >= 4 is 5.97 Å². The summed E-state index contributed by atoms with van der Waals surface area (Å²) in [6.45, 7) is 12.6. The summed E-state index contributed by atoms with van der Waals surface area (Å²) in [5.41, 5.74) is -0.114. The van der Waals surface area contributed by atoms with Crippen LogP contribution >= 0.6 is 0 Å². The Hall–Kier alpha value is -0.830. The number of nitrogens with zero attached hydrogens (tertiary/aromatic N) is 1. The SMILES string of the molecule is C=C(C)C(=O)OC1(C)CCCN(C)C1(C)C. The van der Waals surface area contributed by atoms with Crippen LogP contribution in [0.25, 0.3) is 0 Å². The number of hydrogen-bond acceptors (Lipinski definition) is 3. The summed E-state index contributed by atoms with van der Waals surface area (Å²) >= 11 is 0. The first-order valence-corrected chi connectivity index (χ1v) is 5.81. The molecule has 0 aromatic heterocycles. The summed E-state index contributed by atoms with van der Waals surface area (Å²) in [4.78, 5) is 13.9. The Morgan fingerprint density at radius 2 is 1.94 bits per heavy atom. The van der Waals surface area contributed by atoms with Crippen molar-refractivity contribution < 1.29 is 9.53 Å². The van der Waals surface area contributed by atoms with Crippen LogP contribution in [0.2, 0.25) is 0 Å². The molecule has 0 aliphatic carbocycles. The number of carbonyl (C=O) groups is 1. The van der Waals surface area contributed by atoms with E-state index in [1.807, 2.05) is 6.92 Å². The number of ether oxygens (including phenoxy) is 1. The van der Waals surface area contributed by atoms with Gasteiger partial charge in [-0.3, -0.25) is 4.90 Å². The summed E-state index contributed by atoms with van der Waals surface area (Å²) in [6.07, 6.45) is 1.96. The molecule has 0 amide bonds. The van der Waals surface area contributed by atoms with Crippen LogP contribution in [-0.2, 0) is 9.53 Å². The molecule has 1 atom stereocenters. The second kappa shape index (κ2) is 4.21. The fraction of sp³-hybridized carbons (Fsp3) is 0.769. The molecule has 1 rings (SSSR count). The van der Waals surface area contributed by atoms with Crippen molar-refractivity contribution in [3.05, 3.63) is 12.2 Å². The fourth-order valence-electron chi connectivity index (χ4n) is 2.11. The number of carbonyl (C=O) groups excluding carboxylic acids is 1. The van der Waals surface area contributed by atoms with Gasteiger partial charge >= 0.3 is 5.97 Å². The molecule has 0 radical (unpaired) electrons. The zero-order valence-electron chi connectivity index (χ0n) is 11.1. The fourth-order valence-corrected chi connectivity index (χ4v) is 2.11. The van der Waals surface area contributed by atoms with Crippen molar-refractivity contribution in [3.8, 4) is 0 Å². The average Bonchev–Trinajstić information content (AvgIpc) is 2.14. The second-order valence-corrected chi connectivity index (χ2v) is 5.48. The van der Waals surface area contributed by atoms with E-state index in [-0.39, 0.29) is 11.5 Å². The van der Waals surface area contributed by atoms with E-state index in [0.717, 1.165) is 19.4 Å². The topological polar surface area (TPSA) is 29.5 Å². The number of rotatable bonds is 2. The van der Waals surface area contributed by atoms with Crippen molar-refractivity contribution in [2.24, 2.45) is 0 Å². The Kier molecular flexibility index (Phi) is 3.48. The molecule has 0 spiro atoms. The molecule has 3 heteroatoms. The third-order valence-corrected chi connectivity index (χ3v) is 4.06. The first kappa shape index (κ1) is 13.2. The van der Waals surface area contributed by atoms with Crippen LogP contribution in [0, 0.1) is 0 Å². The van der Waals surface area contributed by atoms with Crippen molar-refractivity contribution in [1.29, 1.82) is 0 Å². The number of likely N-dealkylation sites (tertiary alicyclic amines) is 1. The summed E-state index contributed by atoms with van der Waals surface area (Å²) in [7, 11) is 2.08. The molecule has 1 heterocycles.